The lowest BCUT2D eigenvalue weighted by atomic mass is 10.2. The highest BCUT2D eigenvalue weighted by Crippen LogP contribution is 2.45. The lowest BCUT2D eigenvalue weighted by molar-refractivity contribution is 0.553. The van der Waals surface area contributed by atoms with E-state index in [1.807, 2.05) is 13.8 Å². The molecule has 4 nitrogen and oxygen atoms in total. The molecular weight excluding hydrogens is 291 g/mol. The summed E-state index contributed by atoms with van der Waals surface area (Å²) in [4.78, 5) is 0.138. The van der Waals surface area contributed by atoms with Crippen molar-refractivity contribution in [1.82, 2.24) is 10.0 Å². The van der Waals surface area contributed by atoms with E-state index in [1.54, 1.807) is 0 Å². The molecule has 0 aliphatic heterocycles. The second-order valence-electron chi connectivity index (χ2n) is 6.77. The highest BCUT2D eigenvalue weighted by atomic mass is 32.2. The third-order valence-corrected chi connectivity index (χ3v) is 5.77. The van der Waals surface area contributed by atoms with Gasteiger partial charge in [0, 0.05) is 24.2 Å². The van der Waals surface area contributed by atoms with Gasteiger partial charge < -0.3 is 5.32 Å². The number of benzene rings is 1. The molecule has 2 aliphatic carbocycles. The molecule has 2 saturated carbocycles. The van der Waals surface area contributed by atoms with Crippen LogP contribution in [0.4, 0.5) is 4.39 Å². The van der Waals surface area contributed by atoms with Crippen molar-refractivity contribution >= 4 is 10.0 Å². The van der Waals surface area contributed by atoms with E-state index in [9.17, 15) is 12.8 Å². The predicted molar refractivity (Wildman–Crippen MR) is 78.8 cm³/mol. The molecule has 2 aliphatic rings. The van der Waals surface area contributed by atoms with Gasteiger partial charge in [-0.1, -0.05) is 13.8 Å². The van der Waals surface area contributed by atoms with Crippen LogP contribution in [-0.4, -0.2) is 20.5 Å². The Hall–Kier alpha value is -0.980. The molecule has 0 bridgehead atoms. The van der Waals surface area contributed by atoms with Crippen LogP contribution in [0.2, 0.25) is 0 Å². The largest absolute Gasteiger partial charge is 0.310 e. The summed E-state index contributed by atoms with van der Waals surface area (Å²) < 4.78 is 41.1. The molecule has 0 heterocycles. The predicted octanol–water partition coefficient (Wildman–Crippen LogP) is 2.15. The van der Waals surface area contributed by atoms with Crippen molar-refractivity contribution in [3.05, 3.63) is 29.6 Å². The topological polar surface area (TPSA) is 58.2 Å². The van der Waals surface area contributed by atoms with Gasteiger partial charge in [0.05, 0.1) is 4.90 Å². The van der Waals surface area contributed by atoms with Crippen LogP contribution in [0.5, 0.6) is 0 Å². The van der Waals surface area contributed by atoms with Crippen LogP contribution in [0.3, 0.4) is 0 Å². The van der Waals surface area contributed by atoms with Gasteiger partial charge in [-0.05, 0) is 42.9 Å². The van der Waals surface area contributed by atoms with Crippen molar-refractivity contribution in [3.63, 3.8) is 0 Å². The molecule has 1 aromatic rings. The molecule has 0 saturated heterocycles. The summed E-state index contributed by atoms with van der Waals surface area (Å²) in [6.07, 6.45) is 3.05. The first-order valence-electron chi connectivity index (χ1n) is 7.32. The molecule has 0 radical (unpaired) electrons. The van der Waals surface area contributed by atoms with E-state index in [1.165, 1.54) is 18.2 Å². The van der Waals surface area contributed by atoms with Gasteiger partial charge in [0.1, 0.15) is 5.82 Å². The van der Waals surface area contributed by atoms with E-state index < -0.39 is 10.0 Å². The van der Waals surface area contributed by atoms with Crippen LogP contribution in [0, 0.1) is 11.2 Å². The summed E-state index contributed by atoms with van der Waals surface area (Å²) in [7, 11) is -3.57. The van der Waals surface area contributed by atoms with Crippen molar-refractivity contribution in [2.75, 3.05) is 0 Å². The van der Waals surface area contributed by atoms with E-state index in [0.717, 1.165) is 19.3 Å². The maximum atomic E-state index is 13.8. The number of halogens is 1. The maximum Gasteiger partial charge on any atom is 0.240 e. The minimum absolute atomic E-state index is 0.0173. The van der Waals surface area contributed by atoms with Gasteiger partial charge in [-0.25, -0.2) is 17.5 Å². The van der Waals surface area contributed by atoms with Crippen LogP contribution >= 0.6 is 0 Å². The quantitative estimate of drug-likeness (QED) is 0.846. The van der Waals surface area contributed by atoms with Crippen LogP contribution in [0.15, 0.2) is 23.1 Å². The van der Waals surface area contributed by atoms with Gasteiger partial charge >= 0.3 is 0 Å². The van der Waals surface area contributed by atoms with E-state index in [0.29, 0.717) is 18.2 Å². The van der Waals surface area contributed by atoms with E-state index in [2.05, 4.69) is 10.0 Å². The van der Waals surface area contributed by atoms with Gasteiger partial charge in [-0.2, -0.15) is 0 Å². The zero-order valence-electron chi connectivity index (χ0n) is 12.3. The smallest absolute Gasteiger partial charge is 0.240 e. The van der Waals surface area contributed by atoms with Gasteiger partial charge in [0.2, 0.25) is 10.0 Å². The fraction of sp³-hybridized carbons (Fsp3) is 0.600. The molecule has 21 heavy (non-hydrogen) atoms. The van der Waals surface area contributed by atoms with Crippen LogP contribution < -0.4 is 10.0 Å². The first-order chi connectivity index (χ1) is 9.78. The van der Waals surface area contributed by atoms with Crippen LogP contribution in [0.1, 0.15) is 38.7 Å². The third-order valence-electron chi connectivity index (χ3n) is 4.30. The standard InChI is InChI=1S/C15H21FN2O2S/c1-15(2)8-14(15)18-21(19,20)12-5-6-13(16)10(7-12)9-17-11-3-4-11/h5-7,11,14,17-18H,3-4,8-9H2,1-2H3. The fourth-order valence-corrected chi connectivity index (χ4v) is 3.78. The Morgan fingerprint density at radius 2 is 2.00 bits per heavy atom. The average Bonchev–Trinajstić information content (AvgIpc) is 3.28. The van der Waals surface area contributed by atoms with E-state index in [4.69, 9.17) is 0 Å². The normalized spacial score (nSPS) is 24.0. The summed E-state index contributed by atoms with van der Waals surface area (Å²) in [6.45, 7) is 4.42. The number of hydrogen-bond acceptors (Lipinski definition) is 3. The third kappa shape index (κ3) is 3.44. The van der Waals surface area contributed by atoms with Gasteiger partial charge in [0.25, 0.3) is 0 Å². The molecule has 1 unspecified atom stereocenters. The number of rotatable bonds is 6. The SMILES string of the molecule is CC1(C)CC1NS(=O)(=O)c1ccc(F)c(CNC2CC2)c1. The van der Waals surface area contributed by atoms with Gasteiger partial charge in [0.15, 0.2) is 0 Å². The van der Waals surface area contributed by atoms with Gasteiger partial charge in [-0.15, -0.1) is 0 Å². The number of sulfonamides is 1. The summed E-state index contributed by atoms with van der Waals surface area (Å²) in [6, 6.07) is 4.42. The lowest BCUT2D eigenvalue weighted by Gasteiger charge is -2.11. The second kappa shape index (κ2) is 5.04. The molecule has 2 fully saturated rings. The molecule has 6 heteroatoms. The Morgan fingerprint density at radius 3 is 2.57 bits per heavy atom. The van der Waals surface area contributed by atoms with Crippen molar-refractivity contribution in [2.45, 2.75) is 56.6 Å². The highest BCUT2D eigenvalue weighted by Gasteiger charge is 2.47. The summed E-state index contributed by atoms with van der Waals surface area (Å²) in [5.74, 6) is -0.367. The molecule has 3 rings (SSSR count). The average molecular weight is 312 g/mol. The number of hydrogen-bond donors (Lipinski definition) is 2. The maximum absolute atomic E-state index is 13.8. The number of nitrogens with one attached hydrogen (secondary N) is 2. The van der Waals surface area contributed by atoms with Gasteiger partial charge in [-0.3, -0.25) is 0 Å². The Bertz CT molecular complexity index is 654. The molecule has 0 amide bonds. The van der Waals surface area contributed by atoms with Crippen molar-refractivity contribution in [1.29, 1.82) is 0 Å². The summed E-state index contributed by atoms with van der Waals surface area (Å²) in [5, 5.41) is 3.20. The van der Waals surface area contributed by atoms with Crippen molar-refractivity contribution < 1.29 is 12.8 Å². The molecule has 0 aromatic heterocycles. The molecule has 2 N–H and O–H groups in total. The van der Waals surface area contributed by atoms with Crippen molar-refractivity contribution in [3.8, 4) is 0 Å². The molecule has 0 spiro atoms. The zero-order chi connectivity index (χ0) is 15.3. The Labute approximate surface area is 125 Å². The Morgan fingerprint density at radius 1 is 1.33 bits per heavy atom. The summed E-state index contributed by atoms with van der Waals surface area (Å²) in [5.41, 5.74) is 0.420. The molecule has 1 atom stereocenters. The van der Waals surface area contributed by atoms with Crippen LogP contribution in [-0.2, 0) is 16.6 Å². The first kappa shape index (κ1) is 14.9. The van der Waals surface area contributed by atoms with E-state index in [-0.39, 0.29) is 22.2 Å². The lowest BCUT2D eigenvalue weighted by Crippen LogP contribution is -2.28. The Balaban J connectivity index is 1.75. The monoisotopic (exact) mass is 312 g/mol. The van der Waals surface area contributed by atoms with Crippen LogP contribution in [0.25, 0.3) is 0 Å². The molecule has 1 aromatic carbocycles. The zero-order valence-corrected chi connectivity index (χ0v) is 13.1. The van der Waals surface area contributed by atoms with E-state index >= 15 is 0 Å². The Kier molecular flexibility index (Phi) is 3.58. The fourth-order valence-electron chi connectivity index (χ4n) is 2.32. The molecule has 116 valence electrons. The minimum atomic E-state index is -3.57. The first-order valence-corrected chi connectivity index (χ1v) is 8.80. The molecular formula is C15H21FN2O2S. The van der Waals surface area contributed by atoms with Crippen molar-refractivity contribution in [2.24, 2.45) is 5.41 Å². The summed E-state index contributed by atoms with van der Waals surface area (Å²) >= 11 is 0. The highest BCUT2D eigenvalue weighted by molar-refractivity contribution is 7.89. The second-order valence-corrected chi connectivity index (χ2v) is 8.49. The minimum Gasteiger partial charge on any atom is -0.310 e.